The van der Waals surface area contributed by atoms with Gasteiger partial charge >= 0.3 is 0 Å². The SMILES string of the molecule is c1ccc(-n2c3ccccc3c3c4ccccc4c(-c4ccc5ccccc5c4)cc32)cc1. The van der Waals surface area contributed by atoms with Crippen LogP contribution in [0.5, 0.6) is 0 Å². The van der Waals surface area contributed by atoms with E-state index in [2.05, 4.69) is 132 Å². The van der Waals surface area contributed by atoms with Gasteiger partial charge in [-0.05, 0) is 63.0 Å². The average molecular weight is 420 g/mol. The Morgan fingerprint density at radius 2 is 1.09 bits per heavy atom. The molecule has 7 rings (SSSR count). The number of hydrogen-bond donors (Lipinski definition) is 0. The van der Waals surface area contributed by atoms with Gasteiger partial charge in [-0.3, -0.25) is 0 Å². The fourth-order valence-electron chi connectivity index (χ4n) is 5.28. The first kappa shape index (κ1) is 18.2. The molecule has 7 aromatic rings. The Balaban J connectivity index is 1.67. The highest BCUT2D eigenvalue weighted by molar-refractivity contribution is 6.24. The number of fused-ring (bicyclic) bond motifs is 6. The summed E-state index contributed by atoms with van der Waals surface area (Å²) in [6.07, 6.45) is 0. The molecule has 0 saturated heterocycles. The lowest BCUT2D eigenvalue weighted by atomic mass is 9.93. The minimum Gasteiger partial charge on any atom is -0.309 e. The minimum absolute atomic E-state index is 1.18. The van der Waals surface area contributed by atoms with E-state index >= 15 is 0 Å². The third-order valence-electron chi connectivity index (χ3n) is 6.75. The van der Waals surface area contributed by atoms with Crippen LogP contribution in [-0.4, -0.2) is 4.57 Å². The molecule has 1 aromatic heterocycles. The molecule has 1 nitrogen and oxygen atoms in total. The molecule has 6 aromatic carbocycles. The van der Waals surface area contributed by atoms with Gasteiger partial charge in [-0.1, -0.05) is 97.1 Å². The number of nitrogens with zero attached hydrogens (tertiary/aromatic N) is 1. The molecule has 0 N–H and O–H groups in total. The molecule has 154 valence electrons. The molecule has 0 spiro atoms. The van der Waals surface area contributed by atoms with E-state index in [-0.39, 0.29) is 0 Å². The van der Waals surface area contributed by atoms with E-state index in [1.807, 2.05) is 0 Å². The van der Waals surface area contributed by atoms with Gasteiger partial charge in [0.15, 0.2) is 0 Å². The highest BCUT2D eigenvalue weighted by Gasteiger charge is 2.17. The van der Waals surface area contributed by atoms with Gasteiger partial charge in [-0.25, -0.2) is 0 Å². The highest BCUT2D eigenvalue weighted by atomic mass is 15.0. The van der Waals surface area contributed by atoms with E-state index in [4.69, 9.17) is 0 Å². The van der Waals surface area contributed by atoms with Gasteiger partial charge in [0.05, 0.1) is 11.0 Å². The van der Waals surface area contributed by atoms with E-state index in [0.717, 1.165) is 0 Å². The lowest BCUT2D eigenvalue weighted by Crippen LogP contribution is -1.94. The zero-order valence-electron chi connectivity index (χ0n) is 18.1. The summed E-state index contributed by atoms with van der Waals surface area (Å²) in [6.45, 7) is 0. The molecule has 0 unspecified atom stereocenters. The van der Waals surface area contributed by atoms with Crippen LogP contribution in [0.2, 0.25) is 0 Å². The largest absolute Gasteiger partial charge is 0.309 e. The molecule has 0 aliphatic rings. The first-order chi connectivity index (χ1) is 16.4. The fraction of sp³-hybridized carbons (Fsp3) is 0. The summed E-state index contributed by atoms with van der Waals surface area (Å²) in [5.74, 6) is 0. The third kappa shape index (κ3) is 2.73. The maximum Gasteiger partial charge on any atom is 0.0553 e. The Hall–Kier alpha value is -4.36. The van der Waals surface area contributed by atoms with Gasteiger partial charge in [0.1, 0.15) is 0 Å². The van der Waals surface area contributed by atoms with Crippen LogP contribution in [0.1, 0.15) is 0 Å². The van der Waals surface area contributed by atoms with E-state index in [9.17, 15) is 0 Å². The summed E-state index contributed by atoms with van der Waals surface area (Å²) in [4.78, 5) is 0. The molecule has 0 saturated carbocycles. The summed E-state index contributed by atoms with van der Waals surface area (Å²) in [5, 5.41) is 7.72. The molecular formula is C32H21N. The average Bonchev–Trinajstić information content (AvgIpc) is 3.23. The molecule has 1 heteroatoms. The lowest BCUT2D eigenvalue weighted by molar-refractivity contribution is 1.18. The molecule has 0 aliphatic heterocycles. The predicted molar refractivity (Wildman–Crippen MR) is 141 cm³/mol. The zero-order chi connectivity index (χ0) is 21.8. The van der Waals surface area contributed by atoms with Crippen LogP contribution in [0.4, 0.5) is 0 Å². The van der Waals surface area contributed by atoms with Gasteiger partial charge in [0.25, 0.3) is 0 Å². The quantitative estimate of drug-likeness (QED) is 0.264. The van der Waals surface area contributed by atoms with Crippen molar-refractivity contribution in [3.63, 3.8) is 0 Å². The third-order valence-corrected chi connectivity index (χ3v) is 6.75. The molecule has 0 atom stereocenters. The van der Waals surface area contributed by atoms with Crippen LogP contribution in [-0.2, 0) is 0 Å². The van der Waals surface area contributed by atoms with Crippen molar-refractivity contribution in [3.05, 3.63) is 127 Å². The summed E-state index contributed by atoms with van der Waals surface area (Å²) in [7, 11) is 0. The number of hydrogen-bond acceptors (Lipinski definition) is 0. The topological polar surface area (TPSA) is 4.93 Å². The Morgan fingerprint density at radius 3 is 1.94 bits per heavy atom. The maximum absolute atomic E-state index is 2.40. The Morgan fingerprint density at radius 1 is 0.424 bits per heavy atom. The second kappa shape index (κ2) is 7.08. The van der Waals surface area contributed by atoms with Crippen LogP contribution in [0.25, 0.3) is 60.2 Å². The van der Waals surface area contributed by atoms with Gasteiger partial charge in [0, 0.05) is 16.5 Å². The second-order valence-corrected chi connectivity index (χ2v) is 8.61. The van der Waals surface area contributed by atoms with E-state index < -0.39 is 0 Å². The van der Waals surface area contributed by atoms with Crippen molar-refractivity contribution in [3.8, 4) is 16.8 Å². The van der Waals surface area contributed by atoms with Crippen molar-refractivity contribution < 1.29 is 0 Å². The highest BCUT2D eigenvalue weighted by Crippen LogP contribution is 2.41. The maximum atomic E-state index is 2.40. The normalized spacial score (nSPS) is 11.6. The molecule has 1 heterocycles. The monoisotopic (exact) mass is 419 g/mol. The van der Waals surface area contributed by atoms with Crippen LogP contribution in [0.3, 0.4) is 0 Å². The summed E-state index contributed by atoms with van der Waals surface area (Å²) in [6, 6.07) is 46.0. The van der Waals surface area contributed by atoms with E-state index in [0.29, 0.717) is 0 Å². The van der Waals surface area contributed by atoms with Crippen LogP contribution >= 0.6 is 0 Å². The minimum atomic E-state index is 1.18. The van der Waals surface area contributed by atoms with Gasteiger partial charge < -0.3 is 4.57 Å². The Bertz CT molecular complexity index is 1810. The molecule has 0 amide bonds. The Kier molecular flexibility index (Phi) is 3.91. The van der Waals surface area contributed by atoms with Gasteiger partial charge in [-0.15, -0.1) is 0 Å². The van der Waals surface area contributed by atoms with Crippen molar-refractivity contribution in [1.29, 1.82) is 0 Å². The van der Waals surface area contributed by atoms with Gasteiger partial charge in [-0.2, -0.15) is 0 Å². The number of benzene rings is 6. The smallest absolute Gasteiger partial charge is 0.0553 e. The van der Waals surface area contributed by atoms with Crippen LogP contribution in [0, 0.1) is 0 Å². The fourth-order valence-corrected chi connectivity index (χ4v) is 5.28. The summed E-state index contributed by atoms with van der Waals surface area (Å²) in [5.41, 5.74) is 6.17. The molecule has 0 aliphatic carbocycles. The second-order valence-electron chi connectivity index (χ2n) is 8.61. The van der Waals surface area contributed by atoms with Crippen molar-refractivity contribution in [2.24, 2.45) is 0 Å². The van der Waals surface area contributed by atoms with Crippen molar-refractivity contribution >= 4 is 43.4 Å². The first-order valence-corrected chi connectivity index (χ1v) is 11.4. The van der Waals surface area contributed by atoms with Crippen LogP contribution < -0.4 is 0 Å². The number of para-hydroxylation sites is 2. The summed E-state index contributed by atoms with van der Waals surface area (Å²) >= 11 is 0. The molecule has 33 heavy (non-hydrogen) atoms. The zero-order valence-corrected chi connectivity index (χ0v) is 18.1. The van der Waals surface area contributed by atoms with Crippen molar-refractivity contribution in [2.45, 2.75) is 0 Å². The lowest BCUT2D eigenvalue weighted by Gasteiger charge is -2.13. The molecule has 0 fully saturated rings. The standard InChI is InChI=1S/C32H21N/c1-2-12-25(13-3-1)33-30-17-9-8-16-28(30)32-27-15-7-6-14-26(27)29(21-31(32)33)24-19-18-22-10-4-5-11-23(22)20-24/h1-21H. The Labute approximate surface area is 192 Å². The van der Waals surface area contributed by atoms with E-state index in [1.54, 1.807) is 0 Å². The number of rotatable bonds is 2. The first-order valence-electron chi connectivity index (χ1n) is 11.4. The molecule has 0 radical (unpaired) electrons. The number of aromatic nitrogens is 1. The van der Waals surface area contributed by atoms with Crippen molar-refractivity contribution in [1.82, 2.24) is 4.57 Å². The van der Waals surface area contributed by atoms with Crippen molar-refractivity contribution in [2.75, 3.05) is 0 Å². The predicted octanol–water partition coefficient (Wildman–Crippen LogP) is 8.76. The van der Waals surface area contributed by atoms with E-state index in [1.165, 1.54) is 60.2 Å². The molecular weight excluding hydrogens is 398 g/mol. The van der Waals surface area contributed by atoms with Crippen LogP contribution in [0.15, 0.2) is 127 Å². The molecule has 0 bridgehead atoms. The summed E-state index contributed by atoms with van der Waals surface area (Å²) < 4.78 is 2.40. The van der Waals surface area contributed by atoms with Gasteiger partial charge in [0.2, 0.25) is 0 Å².